The fourth-order valence-electron chi connectivity index (χ4n) is 3.55. The molecule has 0 bridgehead atoms. The average molecular weight is 460 g/mol. The molecule has 3 aromatic rings. The molecule has 3 aromatic carbocycles. The predicted molar refractivity (Wildman–Crippen MR) is 128 cm³/mol. The van der Waals surface area contributed by atoms with Crippen LogP contribution in [0.4, 0.5) is 11.4 Å². The fraction of sp³-hybridized carbons (Fsp3) is 0.192. The molecule has 3 amide bonds. The fourth-order valence-corrected chi connectivity index (χ4v) is 3.55. The highest BCUT2D eigenvalue weighted by atomic mass is 16.5. The number of carbonyl (C=O) groups is 3. The van der Waals surface area contributed by atoms with Gasteiger partial charge >= 0.3 is 0 Å². The quantitative estimate of drug-likeness (QED) is 0.539. The molecule has 174 valence electrons. The maximum atomic E-state index is 12.7. The molecule has 0 saturated carbocycles. The van der Waals surface area contributed by atoms with Gasteiger partial charge in [0.2, 0.25) is 5.91 Å². The predicted octanol–water partition coefficient (Wildman–Crippen LogP) is 3.25. The Morgan fingerprint density at radius 1 is 1.00 bits per heavy atom. The number of nitrogens with one attached hydrogen (secondary N) is 2. The van der Waals surface area contributed by atoms with Gasteiger partial charge in [-0.15, -0.1) is 0 Å². The third kappa shape index (κ3) is 5.53. The first-order valence-corrected chi connectivity index (χ1v) is 10.9. The molecule has 2 N–H and O–H groups in total. The van der Waals surface area contributed by atoms with Crippen LogP contribution < -0.4 is 25.0 Å². The lowest BCUT2D eigenvalue weighted by Gasteiger charge is -2.33. The maximum Gasteiger partial charge on any atom is 0.267 e. The van der Waals surface area contributed by atoms with E-state index in [4.69, 9.17) is 9.47 Å². The van der Waals surface area contributed by atoms with Crippen molar-refractivity contribution < 1.29 is 23.9 Å². The van der Waals surface area contributed by atoms with Crippen molar-refractivity contribution in [2.45, 2.75) is 13.0 Å². The van der Waals surface area contributed by atoms with Crippen LogP contribution in [0.3, 0.4) is 0 Å². The lowest BCUT2D eigenvalue weighted by atomic mass is 10.1. The van der Waals surface area contributed by atoms with Gasteiger partial charge in [-0.2, -0.15) is 0 Å². The molecule has 1 unspecified atom stereocenters. The molecular weight excluding hydrogens is 434 g/mol. The summed E-state index contributed by atoms with van der Waals surface area (Å²) in [5.41, 5.74) is 1.59. The van der Waals surface area contributed by atoms with E-state index in [2.05, 4.69) is 10.6 Å². The summed E-state index contributed by atoms with van der Waals surface area (Å²) in [5.74, 6) is 0.346. The molecule has 8 heteroatoms. The Bertz CT molecular complexity index is 1170. The number of para-hydroxylation sites is 1. The normalized spacial score (nSPS) is 14.6. The Morgan fingerprint density at radius 2 is 1.71 bits per heavy atom. The van der Waals surface area contributed by atoms with Crippen LogP contribution in [0.25, 0.3) is 0 Å². The van der Waals surface area contributed by atoms with Crippen molar-refractivity contribution in [3.05, 3.63) is 84.4 Å². The summed E-state index contributed by atoms with van der Waals surface area (Å²) in [7, 11) is 0. The van der Waals surface area contributed by atoms with Gasteiger partial charge < -0.3 is 25.0 Å². The zero-order valence-electron chi connectivity index (χ0n) is 18.7. The molecule has 1 aliphatic rings. The standard InChI is InChI=1S/C26H25N3O5/c1-18-26(32)29(14-15-33-21-10-6-3-7-11-21)22-13-12-20(16-23(22)34-18)28-24(30)17-27-25(31)19-8-4-2-5-9-19/h2-13,16,18H,14-15,17H2,1H3,(H,27,31)(H,28,30). The highest BCUT2D eigenvalue weighted by molar-refractivity contribution is 6.01. The third-order valence-corrected chi connectivity index (χ3v) is 5.22. The monoisotopic (exact) mass is 459 g/mol. The first-order valence-electron chi connectivity index (χ1n) is 10.9. The highest BCUT2D eigenvalue weighted by Gasteiger charge is 2.31. The minimum absolute atomic E-state index is 0.162. The molecule has 4 rings (SSSR count). The molecule has 1 atom stereocenters. The van der Waals surface area contributed by atoms with Gasteiger partial charge in [-0.1, -0.05) is 36.4 Å². The van der Waals surface area contributed by atoms with Crippen LogP contribution in [0, 0.1) is 0 Å². The van der Waals surface area contributed by atoms with E-state index >= 15 is 0 Å². The number of anilines is 2. The van der Waals surface area contributed by atoms with E-state index in [0.29, 0.717) is 35.8 Å². The van der Waals surface area contributed by atoms with Crippen molar-refractivity contribution in [3.8, 4) is 11.5 Å². The Morgan fingerprint density at radius 3 is 2.44 bits per heavy atom. The Hall–Kier alpha value is -4.33. The molecule has 1 aliphatic heterocycles. The number of benzene rings is 3. The molecule has 0 saturated heterocycles. The van der Waals surface area contributed by atoms with Gasteiger partial charge in [-0.3, -0.25) is 14.4 Å². The minimum atomic E-state index is -0.666. The summed E-state index contributed by atoms with van der Waals surface area (Å²) in [6.45, 7) is 2.18. The van der Waals surface area contributed by atoms with Gasteiger partial charge in [-0.25, -0.2) is 0 Å². The zero-order chi connectivity index (χ0) is 23.9. The van der Waals surface area contributed by atoms with Crippen LogP contribution in [0.2, 0.25) is 0 Å². The van der Waals surface area contributed by atoms with Crippen molar-refractivity contribution in [1.82, 2.24) is 5.32 Å². The van der Waals surface area contributed by atoms with Crippen LogP contribution in [-0.2, 0) is 9.59 Å². The van der Waals surface area contributed by atoms with Crippen molar-refractivity contribution in [1.29, 1.82) is 0 Å². The van der Waals surface area contributed by atoms with Gasteiger partial charge in [0.25, 0.3) is 11.8 Å². The Labute approximate surface area is 197 Å². The van der Waals surface area contributed by atoms with E-state index in [1.54, 1.807) is 54.3 Å². The maximum absolute atomic E-state index is 12.7. The van der Waals surface area contributed by atoms with Crippen molar-refractivity contribution in [3.63, 3.8) is 0 Å². The largest absolute Gasteiger partial charge is 0.492 e. The third-order valence-electron chi connectivity index (χ3n) is 5.22. The number of amides is 3. The van der Waals surface area contributed by atoms with Crippen molar-refractivity contribution in [2.75, 3.05) is 29.9 Å². The second kappa shape index (κ2) is 10.5. The Kier molecular flexibility index (Phi) is 7.07. The molecule has 0 radical (unpaired) electrons. The minimum Gasteiger partial charge on any atom is -0.492 e. The van der Waals surface area contributed by atoms with Gasteiger partial charge in [0.05, 0.1) is 18.8 Å². The first kappa shape index (κ1) is 22.8. The molecule has 0 aromatic heterocycles. The van der Waals surface area contributed by atoms with E-state index in [-0.39, 0.29) is 24.3 Å². The molecule has 34 heavy (non-hydrogen) atoms. The number of fused-ring (bicyclic) bond motifs is 1. The van der Waals surface area contributed by atoms with Crippen LogP contribution >= 0.6 is 0 Å². The highest BCUT2D eigenvalue weighted by Crippen LogP contribution is 2.36. The van der Waals surface area contributed by atoms with E-state index < -0.39 is 6.10 Å². The van der Waals surface area contributed by atoms with Crippen LogP contribution in [0.1, 0.15) is 17.3 Å². The molecule has 1 heterocycles. The molecule has 0 fully saturated rings. The summed E-state index contributed by atoms with van der Waals surface area (Å²) in [4.78, 5) is 38.8. The number of hydrogen-bond donors (Lipinski definition) is 2. The summed E-state index contributed by atoms with van der Waals surface area (Å²) in [6.07, 6.45) is -0.666. The van der Waals surface area contributed by atoms with Gasteiger partial charge in [0, 0.05) is 17.3 Å². The van der Waals surface area contributed by atoms with Gasteiger partial charge in [0.1, 0.15) is 18.1 Å². The number of carbonyl (C=O) groups excluding carboxylic acids is 3. The lowest BCUT2D eigenvalue weighted by Crippen LogP contribution is -2.46. The lowest BCUT2D eigenvalue weighted by molar-refractivity contribution is -0.125. The van der Waals surface area contributed by atoms with Crippen LogP contribution in [0.5, 0.6) is 11.5 Å². The van der Waals surface area contributed by atoms with Crippen molar-refractivity contribution in [2.24, 2.45) is 0 Å². The van der Waals surface area contributed by atoms with E-state index in [0.717, 1.165) is 5.75 Å². The molecule has 0 spiro atoms. The number of ether oxygens (including phenoxy) is 2. The topological polar surface area (TPSA) is 97.0 Å². The number of nitrogens with zero attached hydrogens (tertiary/aromatic N) is 1. The SMILES string of the molecule is CC1Oc2cc(NC(=O)CNC(=O)c3ccccc3)ccc2N(CCOc2ccccc2)C1=O. The van der Waals surface area contributed by atoms with Crippen LogP contribution in [0.15, 0.2) is 78.9 Å². The first-order chi connectivity index (χ1) is 16.5. The van der Waals surface area contributed by atoms with E-state index in [1.807, 2.05) is 36.4 Å². The molecule has 8 nitrogen and oxygen atoms in total. The summed E-state index contributed by atoms with van der Waals surface area (Å²) in [5, 5.41) is 5.33. The number of hydrogen-bond acceptors (Lipinski definition) is 5. The summed E-state index contributed by atoms with van der Waals surface area (Å²) < 4.78 is 11.5. The smallest absolute Gasteiger partial charge is 0.267 e. The second-order valence-corrected chi connectivity index (χ2v) is 7.69. The second-order valence-electron chi connectivity index (χ2n) is 7.69. The van der Waals surface area contributed by atoms with E-state index in [9.17, 15) is 14.4 Å². The van der Waals surface area contributed by atoms with Crippen LogP contribution in [-0.4, -0.2) is 43.5 Å². The van der Waals surface area contributed by atoms with Crippen molar-refractivity contribution >= 4 is 29.1 Å². The zero-order valence-corrected chi connectivity index (χ0v) is 18.7. The molecule has 0 aliphatic carbocycles. The Balaban J connectivity index is 1.37. The number of rotatable bonds is 8. The summed E-state index contributed by atoms with van der Waals surface area (Å²) >= 11 is 0. The van der Waals surface area contributed by atoms with Gasteiger partial charge in [-0.05, 0) is 43.3 Å². The average Bonchev–Trinajstić information content (AvgIpc) is 2.86. The van der Waals surface area contributed by atoms with E-state index in [1.165, 1.54) is 0 Å². The molecular formula is C26H25N3O5. The van der Waals surface area contributed by atoms with Gasteiger partial charge in [0.15, 0.2) is 6.10 Å². The summed E-state index contributed by atoms with van der Waals surface area (Å²) in [6, 6.07) is 23.1.